The van der Waals surface area contributed by atoms with Crippen molar-refractivity contribution in [2.45, 2.75) is 17.3 Å². The summed E-state index contributed by atoms with van der Waals surface area (Å²) in [4.78, 5) is 26.9. The van der Waals surface area contributed by atoms with Crippen molar-refractivity contribution in [2.75, 3.05) is 14.2 Å². The van der Waals surface area contributed by atoms with Crippen molar-refractivity contribution in [1.82, 2.24) is 0 Å². The fourth-order valence-electron chi connectivity index (χ4n) is 7.31. The van der Waals surface area contributed by atoms with Crippen LogP contribution in [0.3, 0.4) is 0 Å². The minimum absolute atomic E-state index is 0.142. The van der Waals surface area contributed by atoms with Crippen molar-refractivity contribution in [1.29, 1.82) is 0 Å². The Hall–Kier alpha value is -5.48. The lowest BCUT2D eigenvalue weighted by Crippen LogP contribution is -2.44. The number of methoxy groups -OCH3 is 2. The van der Waals surface area contributed by atoms with Gasteiger partial charge >= 0.3 is 11.9 Å². The third-order valence-corrected chi connectivity index (χ3v) is 9.21. The Kier molecular flexibility index (Phi) is 8.80. The molecule has 6 rings (SSSR count). The molecule has 46 heavy (non-hydrogen) atoms. The summed E-state index contributed by atoms with van der Waals surface area (Å²) >= 11 is 0. The second kappa shape index (κ2) is 13.3. The molecule has 0 spiro atoms. The van der Waals surface area contributed by atoms with Crippen molar-refractivity contribution in [2.24, 2.45) is 5.92 Å². The van der Waals surface area contributed by atoms with Crippen LogP contribution >= 0.6 is 0 Å². The van der Waals surface area contributed by atoms with E-state index >= 15 is 0 Å². The van der Waals surface area contributed by atoms with E-state index in [0.717, 1.165) is 33.4 Å². The predicted molar refractivity (Wildman–Crippen MR) is 181 cm³/mol. The smallest absolute Gasteiger partial charge is 0.344 e. The maximum atomic E-state index is 13.4. The fraction of sp³-hybridized carbons (Fsp3) is 0.143. The van der Waals surface area contributed by atoms with E-state index in [1.54, 1.807) is 0 Å². The molecule has 5 aromatic rings. The summed E-state index contributed by atoms with van der Waals surface area (Å²) in [6.07, 6.45) is 4.84. The topological polar surface area (TPSA) is 52.6 Å². The van der Waals surface area contributed by atoms with Crippen LogP contribution in [-0.4, -0.2) is 26.2 Å². The monoisotopic (exact) mass is 604 g/mol. The Morgan fingerprint density at radius 2 is 0.935 bits per heavy atom. The molecular formula is C42H36O4. The van der Waals surface area contributed by atoms with Crippen LogP contribution in [-0.2, 0) is 36.3 Å². The number of hydrogen-bond donors (Lipinski definition) is 0. The Labute approximate surface area is 270 Å². The van der Waals surface area contributed by atoms with Crippen LogP contribution < -0.4 is 0 Å². The molecule has 0 saturated carbocycles. The molecule has 0 fully saturated rings. The summed E-state index contributed by atoms with van der Waals surface area (Å²) in [5.41, 5.74) is 4.71. The van der Waals surface area contributed by atoms with Crippen molar-refractivity contribution < 1.29 is 19.1 Å². The third kappa shape index (κ3) is 5.26. The molecule has 0 aromatic heterocycles. The maximum absolute atomic E-state index is 13.4. The summed E-state index contributed by atoms with van der Waals surface area (Å²) in [5.74, 6) is -2.00. The van der Waals surface area contributed by atoms with Crippen LogP contribution in [0.5, 0.6) is 0 Å². The maximum Gasteiger partial charge on any atom is 0.344 e. The zero-order valence-corrected chi connectivity index (χ0v) is 26.0. The minimum atomic E-state index is -0.822. The van der Waals surface area contributed by atoms with Gasteiger partial charge in [0.1, 0.15) is 5.57 Å². The van der Waals surface area contributed by atoms with Gasteiger partial charge in [-0.15, -0.1) is 0 Å². The standard InChI is InChI=1S/C42H36O4/c1-45-39(43)37(40(44)46-2)29-38-41(32-20-10-4-11-21-32,33-22-12-5-13-23-33)30-36(28-31-18-8-3-9-19-31)42(38,34-24-14-6-15-25-34)35-26-16-7-17-27-35/h3-27,29-30,38H,28H2,1-2H3. The van der Waals surface area contributed by atoms with Crippen LogP contribution in [0.25, 0.3) is 0 Å². The number of benzene rings is 5. The molecule has 0 amide bonds. The van der Waals surface area contributed by atoms with Gasteiger partial charge in [-0.05, 0) is 34.2 Å². The summed E-state index contributed by atoms with van der Waals surface area (Å²) in [6, 6.07) is 51.9. The van der Waals surface area contributed by atoms with E-state index in [-0.39, 0.29) is 5.57 Å². The highest BCUT2D eigenvalue weighted by molar-refractivity contribution is 6.14. The van der Waals surface area contributed by atoms with Gasteiger partial charge in [-0.2, -0.15) is 0 Å². The van der Waals surface area contributed by atoms with E-state index in [1.807, 2.05) is 84.9 Å². The first-order valence-electron chi connectivity index (χ1n) is 15.4. The molecule has 1 atom stereocenters. The number of rotatable bonds is 9. The number of ether oxygens (including phenoxy) is 2. The Bertz CT molecular complexity index is 1750. The summed E-state index contributed by atoms with van der Waals surface area (Å²) in [7, 11) is 2.58. The zero-order chi connectivity index (χ0) is 32.0. The molecule has 228 valence electrons. The van der Waals surface area contributed by atoms with Gasteiger partial charge in [0.2, 0.25) is 0 Å². The van der Waals surface area contributed by atoms with E-state index in [9.17, 15) is 9.59 Å². The Morgan fingerprint density at radius 1 is 0.565 bits per heavy atom. The van der Waals surface area contributed by atoms with Crippen molar-refractivity contribution in [3.05, 3.63) is 203 Å². The molecule has 0 bridgehead atoms. The fourth-order valence-corrected chi connectivity index (χ4v) is 7.31. The van der Waals surface area contributed by atoms with Crippen molar-refractivity contribution >= 4 is 11.9 Å². The second-order valence-corrected chi connectivity index (χ2v) is 11.5. The van der Waals surface area contributed by atoms with Crippen molar-refractivity contribution in [3.63, 3.8) is 0 Å². The average molecular weight is 605 g/mol. The van der Waals surface area contributed by atoms with E-state index < -0.39 is 28.7 Å². The molecule has 4 heteroatoms. The van der Waals surface area contributed by atoms with E-state index in [2.05, 4.69) is 78.9 Å². The number of esters is 2. The van der Waals surface area contributed by atoms with Gasteiger partial charge in [-0.3, -0.25) is 0 Å². The first kappa shape index (κ1) is 30.5. The molecule has 5 aromatic carbocycles. The van der Waals surface area contributed by atoms with E-state index in [4.69, 9.17) is 9.47 Å². The van der Waals surface area contributed by atoms with Gasteiger partial charge in [0.05, 0.1) is 14.2 Å². The molecule has 0 N–H and O–H groups in total. The highest BCUT2D eigenvalue weighted by Gasteiger charge is 2.59. The molecule has 4 nitrogen and oxygen atoms in total. The summed E-state index contributed by atoms with van der Waals surface area (Å²) in [6.45, 7) is 0. The summed E-state index contributed by atoms with van der Waals surface area (Å²) < 4.78 is 10.4. The lowest BCUT2D eigenvalue weighted by Gasteiger charge is -2.45. The minimum Gasteiger partial charge on any atom is -0.465 e. The van der Waals surface area contributed by atoms with Crippen LogP contribution in [0.1, 0.15) is 27.8 Å². The first-order valence-corrected chi connectivity index (χ1v) is 15.4. The molecule has 0 radical (unpaired) electrons. The quantitative estimate of drug-likeness (QED) is 0.0562. The largest absolute Gasteiger partial charge is 0.465 e. The molecular weight excluding hydrogens is 568 g/mol. The predicted octanol–water partition coefficient (Wildman–Crippen LogP) is 8.03. The number of carbonyl (C=O) groups excluding carboxylic acids is 2. The molecule has 1 unspecified atom stereocenters. The third-order valence-electron chi connectivity index (χ3n) is 9.21. The van der Waals surface area contributed by atoms with Gasteiger partial charge < -0.3 is 9.47 Å². The average Bonchev–Trinajstić information content (AvgIpc) is 3.42. The molecule has 1 aliphatic carbocycles. The number of allylic oxidation sites excluding steroid dienone is 3. The zero-order valence-electron chi connectivity index (χ0n) is 26.0. The van der Waals surface area contributed by atoms with E-state index in [0.29, 0.717) is 6.42 Å². The SMILES string of the molecule is COC(=O)C(=CC1C(c2ccccc2)(c2ccccc2)C=C(Cc2ccccc2)C1(c1ccccc1)c1ccccc1)C(=O)OC. The van der Waals surface area contributed by atoms with E-state index in [1.165, 1.54) is 14.2 Å². The normalized spacial score (nSPS) is 16.1. The highest BCUT2D eigenvalue weighted by atomic mass is 16.5. The number of carbonyl (C=O) groups is 2. The van der Waals surface area contributed by atoms with Crippen LogP contribution in [0, 0.1) is 5.92 Å². The Morgan fingerprint density at radius 3 is 1.33 bits per heavy atom. The lowest BCUT2D eigenvalue weighted by atomic mass is 9.56. The van der Waals surface area contributed by atoms with Gasteiger partial charge in [0, 0.05) is 16.7 Å². The van der Waals surface area contributed by atoms with Crippen LogP contribution in [0.2, 0.25) is 0 Å². The van der Waals surface area contributed by atoms with Gasteiger partial charge in [0.15, 0.2) is 0 Å². The van der Waals surface area contributed by atoms with Crippen LogP contribution in [0.4, 0.5) is 0 Å². The summed E-state index contributed by atoms with van der Waals surface area (Å²) in [5, 5.41) is 0. The Balaban J connectivity index is 1.83. The van der Waals surface area contributed by atoms with Crippen LogP contribution in [0.15, 0.2) is 175 Å². The first-order chi connectivity index (χ1) is 22.6. The molecule has 0 saturated heterocycles. The van der Waals surface area contributed by atoms with Crippen molar-refractivity contribution in [3.8, 4) is 0 Å². The van der Waals surface area contributed by atoms with Gasteiger partial charge in [-0.25, -0.2) is 9.59 Å². The van der Waals surface area contributed by atoms with Gasteiger partial charge in [0.25, 0.3) is 0 Å². The molecule has 1 aliphatic rings. The lowest BCUT2D eigenvalue weighted by molar-refractivity contribution is -0.144. The molecule has 0 aliphatic heterocycles. The highest BCUT2D eigenvalue weighted by Crippen LogP contribution is 2.62. The molecule has 0 heterocycles. The number of hydrogen-bond acceptors (Lipinski definition) is 4. The van der Waals surface area contributed by atoms with Gasteiger partial charge in [-0.1, -0.05) is 169 Å². The second-order valence-electron chi connectivity index (χ2n) is 11.5.